The van der Waals surface area contributed by atoms with Crippen molar-refractivity contribution >= 4 is 29.6 Å². The molecule has 2 rings (SSSR count). The number of hydrogen-bond acceptors (Lipinski definition) is 5. The Morgan fingerprint density at radius 3 is 2.39 bits per heavy atom. The zero-order valence-corrected chi connectivity index (χ0v) is 17.9. The number of hydrazone groups is 1. The summed E-state index contributed by atoms with van der Waals surface area (Å²) in [6.45, 7) is 3.75. The Morgan fingerprint density at radius 2 is 1.76 bits per heavy atom. The third-order valence-electron chi connectivity index (χ3n) is 3.98. The van der Waals surface area contributed by atoms with Gasteiger partial charge in [-0.05, 0) is 53.9 Å². The first kappa shape index (κ1) is 25.4. The van der Waals surface area contributed by atoms with Crippen LogP contribution in [0.15, 0.2) is 53.6 Å². The third kappa shape index (κ3) is 9.01. The van der Waals surface area contributed by atoms with Crippen molar-refractivity contribution in [3.05, 3.63) is 59.7 Å². The van der Waals surface area contributed by atoms with Crippen LogP contribution in [-0.4, -0.2) is 37.1 Å². The highest BCUT2D eigenvalue weighted by atomic mass is 19.4. The Balaban J connectivity index is 1.80. The molecule has 0 aliphatic heterocycles. The number of benzene rings is 2. The van der Waals surface area contributed by atoms with Crippen molar-refractivity contribution < 1.29 is 32.3 Å². The molecule has 0 aliphatic carbocycles. The van der Waals surface area contributed by atoms with E-state index >= 15 is 0 Å². The molecule has 2 aromatic carbocycles. The summed E-state index contributed by atoms with van der Waals surface area (Å²) < 4.78 is 43.5. The first-order chi connectivity index (χ1) is 15.5. The lowest BCUT2D eigenvalue weighted by atomic mass is 10.2. The SMILES string of the molecule is CC(C)CNC(=O)C(=O)N/N=C\c1ccc(OCC(=O)Nc2cccc(C(F)(F)F)c2)cc1. The predicted octanol–water partition coefficient (Wildman–Crippen LogP) is 2.95. The van der Waals surface area contributed by atoms with Gasteiger partial charge >= 0.3 is 18.0 Å². The second-order valence-electron chi connectivity index (χ2n) is 7.29. The summed E-state index contributed by atoms with van der Waals surface area (Å²) in [6.07, 6.45) is -3.19. The zero-order chi connectivity index (χ0) is 24.4. The van der Waals surface area contributed by atoms with Crippen LogP contribution in [-0.2, 0) is 20.6 Å². The summed E-state index contributed by atoms with van der Waals surface area (Å²) >= 11 is 0. The maximum atomic E-state index is 12.7. The Labute approximate surface area is 188 Å². The average Bonchev–Trinajstić information content (AvgIpc) is 2.76. The number of halogens is 3. The van der Waals surface area contributed by atoms with Crippen molar-refractivity contribution in [2.45, 2.75) is 20.0 Å². The molecular formula is C22H23F3N4O4. The average molecular weight is 464 g/mol. The number of hydrogen-bond donors (Lipinski definition) is 3. The van der Waals surface area contributed by atoms with E-state index in [-0.39, 0.29) is 11.6 Å². The van der Waals surface area contributed by atoms with E-state index in [1.807, 2.05) is 13.8 Å². The molecular weight excluding hydrogens is 441 g/mol. The summed E-state index contributed by atoms with van der Waals surface area (Å²) in [7, 11) is 0. The fourth-order valence-electron chi connectivity index (χ4n) is 2.36. The second kappa shape index (κ2) is 11.7. The molecule has 0 fully saturated rings. The summed E-state index contributed by atoms with van der Waals surface area (Å²) in [5.74, 6) is -1.76. The number of nitrogens with zero attached hydrogens (tertiary/aromatic N) is 1. The van der Waals surface area contributed by atoms with Gasteiger partial charge in [0.25, 0.3) is 5.91 Å². The van der Waals surface area contributed by atoms with Gasteiger partial charge in [-0.2, -0.15) is 18.3 Å². The lowest BCUT2D eigenvalue weighted by molar-refractivity contribution is -0.139. The number of rotatable bonds is 8. The minimum atomic E-state index is -4.51. The summed E-state index contributed by atoms with van der Waals surface area (Å²) in [5.41, 5.74) is 1.83. The normalized spacial score (nSPS) is 11.3. The quantitative estimate of drug-likeness (QED) is 0.317. The molecule has 0 atom stereocenters. The minimum absolute atomic E-state index is 0.00455. The molecule has 0 saturated heterocycles. The third-order valence-corrected chi connectivity index (χ3v) is 3.98. The van der Waals surface area contributed by atoms with Crippen LogP contribution in [0, 0.1) is 5.92 Å². The molecule has 0 aliphatic rings. The molecule has 3 N–H and O–H groups in total. The van der Waals surface area contributed by atoms with E-state index in [0.717, 1.165) is 12.1 Å². The molecule has 2 aromatic rings. The number of carbonyl (C=O) groups excluding carboxylic acids is 3. The number of alkyl halides is 3. The van der Waals surface area contributed by atoms with Crippen LogP contribution in [0.2, 0.25) is 0 Å². The molecule has 33 heavy (non-hydrogen) atoms. The summed E-state index contributed by atoms with van der Waals surface area (Å²) in [4.78, 5) is 35.1. The molecule has 0 heterocycles. The van der Waals surface area contributed by atoms with Crippen molar-refractivity contribution in [1.82, 2.24) is 10.7 Å². The van der Waals surface area contributed by atoms with Crippen molar-refractivity contribution in [3.8, 4) is 5.75 Å². The van der Waals surface area contributed by atoms with Crippen LogP contribution in [0.4, 0.5) is 18.9 Å². The molecule has 3 amide bonds. The van der Waals surface area contributed by atoms with Gasteiger partial charge in [0.15, 0.2) is 6.61 Å². The molecule has 8 nitrogen and oxygen atoms in total. The van der Waals surface area contributed by atoms with Crippen molar-refractivity contribution in [2.75, 3.05) is 18.5 Å². The standard InChI is InChI=1S/C22H23F3N4O4/c1-14(2)11-26-20(31)21(32)29-27-12-15-6-8-18(9-7-15)33-13-19(30)28-17-5-3-4-16(10-17)22(23,24)25/h3-10,12,14H,11,13H2,1-2H3,(H,26,31)(H,28,30)(H,29,32)/b27-12-. The Morgan fingerprint density at radius 1 is 1.06 bits per heavy atom. The Kier molecular flexibility index (Phi) is 8.96. The van der Waals surface area contributed by atoms with Crippen LogP contribution < -0.4 is 20.8 Å². The van der Waals surface area contributed by atoms with Gasteiger partial charge in [-0.3, -0.25) is 14.4 Å². The number of amides is 3. The largest absolute Gasteiger partial charge is 0.484 e. The van der Waals surface area contributed by atoms with Gasteiger partial charge < -0.3 is 15.4 Å². The molecule has 0 radical (unpaired) electrons. The molecule has 0 unspecified atom stereocenters. The van der Waals surface area contributed by atoms with E-state index < -0.39 is 36.1 Å². The van der Waals surface area contributed by atoms with E-state index in [9.17, 15) is 27.6 Å². The van der Waals surface area contributed by atoms with Crippen LogP contribution in [0.5, 0.6) is 5.75 Å². The Hall–Kier alpha value is -3.89. The second-order valence-corrected chi connectivity index (χ2v) is 7.29. The number of anilines is 1. The highest BCUT2D eigenvalue weighted by molar-refractivity contribution is 6.35. The molecule has 0 saturated carbocycles. The first-order valence-corrected chi connectivity index (χ1v) is 9.86. The fourth-order valence-corrected chi connectivity index (χ4v) is 2.36. The lowest BCUT2D eigenvalue weighted by Gasteiger charge is -2.10. The van der Waals surface area contributed by atoms with Gasteiger partial charge in [0.1, 0.15) is 5.75 Å². The Bertz CT molecular complexity index is 1010. The molecule has 0 spiro atoms. The van der Waals surface area contributed by atoms with Gasteiger partial charge in [-0.15, -0.1) is 0 Å². The smallest absolute Gasteiger partial charge is 0.416 e. The van der Waals surface area contributed by atoms with Crippen LogP contribution in [0.25, 0.3) is 0 Å². The van der Waals surface area contributed by atoms with E-state index in [1.165, 1.54) is 30.5 Å². The van der Waals surface area contributed by atoms with Crippen LogP contribution >= 0.6 is 0 Å². The number of nitrogens with one attached hydrogen (secondary N) is 3. The van der Waals surface area contributed by atoms with Gasteiger partial charge in [-0.25, -0.2) is 5.43 Å². The first-order valence-electron chi connectivity index (χ1n) is 9.86. The fraction of sp³-hybridized carbons (Fsp3) is 0.273. The molecule has 11 heteroatoms. The monoisotopic (exact) mass is 464 g/mol. The highest BCUT2D eigenvalue weighted by Gasteiger charge is 2.30. The minimum Gasteiger partial charge on any atom is -0.484 e. The molecule has 0 bridgehead atoms. The van der Waals surface area contributed by atoms with Gasteiger partial charge in [0.2, 0.25) is 0 Å². The molecule has 0 aromatic heterocycles. The number of ether oxygens (including phenoxy) is 1. The van der Waals surface area contributed by atoms with Gasteiger partial charge in [-0.1, -0.05) is 19.9 Å². The van der Waals surface area contributed by atoms with E-state index in [0.29, 0.717) is 17.9 Å². The van der Waals surface area contributed by atoms with E-state index in [2.05, 4.69) is 21.2 Å². The van der Waals surface area contributed by atoms with Crippen LogP contribution in [0.3, 0.4) is 0 Å². The van der Waals surface area contributed by atoms with Crippen molar-refractivity contribution in [1.29, 1.82) is 0 Å². The highest BCUT2D eigenvalue weighted by Crippen LogP contribution is 2.30. The van der Waals surface area contributed by atoms with Crippen LogP contribution in [0.1, 0.15) is 25.0 Å². The maximum absolute atomic E-state index is 12.7. The predicted molar refractivity (Wildman–Crippen MR) is 116 cm³/mol. The van der Waals surface area contributed by atoms with Crippen molar-refractivity contribution in [2.24, 2.45) is 11.0 Å². The lowest BCUT2D eigenvalue weighted by Crippen LogP contribution is -2.39. The van der Waals surface area contributed by atoms with Crippen molar-refractivity contribution in [3.63, 3.8) is 0 Å². The molecule has 176 valence electrons. The van der Waals surface area contributed by atoms with E-state index in [4.69, 9.17) is 4.74 Å². The van der Waals surface area contributed by atoms with Gasteiger partial charge in [0, 0.05) is 12.2 Å². The summed E-state index contributed by atoms with van der Waals surface area (Å²) in [6, 6.07) is 10.5. The summed E-state index contributed by atoms with van der Waals surface area (Å²) in [5, 5.41) is 8.50. The zero-order valence-electron chi connectivity index (χ0n) is 17.9. The topological polar surface area (TPSA) is 109 Å². The van der Waals surface area contributed by atoms with Gasteiger partial charge in [0.05, 0.1) is 11.8 Å². The number of carbonyl (C=O) groups is 3. The maximum Gasteiger partial charge on any atom is 0.416 e. The van der Waals surface area contributed by atoms with E-state index in [1.54, 1.807) is 12.1 Å².